The molecule has 0 amide bonds. The molecule has 0 aliphatic carbocycles. The minimum absolute atomic E-state index is 0.254. The highest BCUT2D eigenvalue weighted by Crippen LogP contribution is 2.24. The van der Waals surface area contributed by atoms with E-state index >= 15 is 0 Å². The number of hydrogen-bond acceptors (Lipinski definition) is 4. The van der Waals surface area contributed by atoms with Gasteiger partial charge in [0.2, 0.25) is 10.0 Å². The number of sulfonamides is 1. The number of aromatic amines is 1. The van der Waals surface area contributed by atoms with Gasteiger partial charge in [-0.05, 0) is 43.0 Å². The number of benzene rings is 1. The molecule has 0 spiro atoms. The maximum Gasteiger partial charge on any atom is 0.242 e. The van der Waals surface area contributed by atoms with Crippen molar-refractivity contribution >= 4 is 38.4 Å². The molecule has 0 aliphatic heterocycles. The molecule has 7 heteroatoms. The standard InChI is InChI=1S/C13H19N3O2S2/c1-19-7-3-2-6-16-20(17,18)13-9-15-12-5-4-10(14)8-11(12)13/h4-5,8-9,15-16H,2-3,6-7,14H2,1H3. The van der Waals surface area contributed by atoms with E-state index < -0.39 is 10.0 Å². The summed E-state index contributed by atoms with van der Waals surface area (Å²) in [6.07, 6.45) is 5.39. The molecule has 0 saturated carbocycles. The lowest BCUT2D eigenvalue weighted by molar-refractivity contribution is 0.579. The van der Waals surface area contributed by atoms with Crippen LogP contribution in [0.4, 0.5) is 5.69 Å². The Labute approximate surface area is 123 Å². The third-order valence-electron chi connectivity index (χ3n) is 3.02. The molecule has 1 heterocycles. The molecule has 0 unspecified atom stereocenters. The first-order valence-corrected chi connectivity index (χ1v) is 9.27. The highest BCUT2D eigenvalue weighted by atomic mass is 32.2. The van der Waals surface area contributed by atoms with Crippen LogP contribution in [0.1, 0.15) is 12.8 Å². The molecular formula is C13H19N3O2S2. The fourth-order valence-electron chi connectivity index (χ4n) is 1.99. The summed E-state index contributed by atoms with van der Waals surface area (Å²) < 4.78 is 27.2. The van der Waals surface area contributed by atoms with Gasteiger partial charge in [-0.3, -0.25) is 0 Å². The third-order valence-corrected chi connectivity index (χ3v) is 5.22. The zero-order chi connectivity index (χ0) is 14.6. The van der Waals surface area contributed by atoms with Gasteiger partial charge in [0.15, 0.2) is 0 Å². The first kappa shape index (κ1) is 15.2. The number of fused-ring (bicyclic) bond motifs is 1. The Hall–Kier alpha value is -1.18. The number of aromatic nitrogens is 1. The molecule has 2 aromatic rings. The summed E-state index contributed by atoms with van der Waals surface area (Å²) in [5, 5.41) is 0.626. The molecule has 2 rings (SSSR count). The number of nitrogens with one attached hydrogen (secondary N) is 2. The van der Waals surface area contributed by atoms with Gasteiger partial charge in [-0.15, -0.1) is 0 Å². The number of hydrogen-bond donors (Lipinski definition) is 3. The molecule has 1 aromatic heterocycles. The van der Waals surface area contributed by atoms with Gasteiger partial charge in [0, 0.05) is 29.3 Å². The van der Waals surface area contributed by atoms with E-state index in [0.29, 0.717) is 17.6 Å². The summed E-state index contributed by atoms with van der Waals surface area (Å²) in [4.78, 5) is 3.21. The van der Waals surface area contributed by atoms with Crippen LogP contribution in [0, 0.1) is 0 Å². The van der Waals surface area contributed by atoms with Crippen LogP contribution >= 0.6 is 11.8 Å². The molecule has 1 aromatic carbocycles. The van der Waals surface area contributed by atoms with E-state index in [9.17, 15) is 8.42 Å². The lowest BCUT2D eigenvalue weighted by Gasteiger charge is -2.05. The van der Waals surface area contributed by atoms with Gasteiger partial charge in [0.1, 0.15) is 4.90 Å². The predicted octanol–water partition coefficient (Wildman–Crippen LogP) is 2.17. The summed E-state index contributed by atoms with van der Waals surface area (Å²) in [6, 6.07) is 5.20. The minimum atomic E-state index is -3.49. The first-order chi connectivity index (χ1) is 9.54. The van der Waals surface area contributed by atoms with Crippen LogP contribution < -0.4 is 10.5 Å². The number of nitrogens with two attached hydrogens (primary N) is 1. The van der Waals surface area contributed by atoms with Crippen LogP contribution in [0.3, 0.4) is 0 Å². The largest absolute Gasteiger partial charge is 0.399 e. The minimum Gasteiger partial charge on any atom is -0.399 e. The van der Waals surface area contributed by atoms with Crippen LogP contribution in [0.25, 0.3) is 10.9 Å². The summed E-state index contributed by atoms with van der Waals surface area (Å²) in [6.45, 7) is 0.456. The molecule has 0 fully saturated rings. The van der Waals surface area contributed by atoms with Crippen LogP contribution in [0.5, 0.6) is 0 Å². The normalized spacial score (nSPS) is 12.1. The Morgan fingerprint density at radius 2 is 2.15 bits per heavy atom. The van der Waals surface area contributed by atoms with Crippen LogP contribution in [-0.2, 0) is 10.0 Å². The zero-order valence-corrected chi connectivity index (χ0v) is 13.0. The molecule has 0 atom stereocenters. The van der Waals surface area contributed by atoms with Crippen LogP contribution in [-0.4, -0.2) is 32.0 Å². The van der Waals surface area contributed by atoms with E-state index in [1.165, 1.54) is 6.20 Å². The number of thioether (sulfide) groups is 1. The van der Waals surface area contributed by atoms with Crippen molar-refractivity contribution in [2.75, 3.05) is 24.3 Å². The molecule has 4 N–H and O–H groups in total. The average Bonchev–Trinajstić information content (AvgIpc) is 2.82. The monoisotopic (exact) mass is 313 g/mol. The Balaban J connectivity index is 2.13. The Morgan fingerprint density at radius 1 is 1.35 bits per heavy atom. The fourth-order valence-corrected chi connectivity index (χ4v) is 3.72. The molecule has 20 heavy (non-hydrogen) atoms. The van der Waals surface area contributed by atoms with E-state index in [0.717, 1.165) is 24.1 Å². The smallest absolute Gasteiger partial charge is 0.242 e. The van der Waals surface area contributed by atoms with E-state index in [1.807, 2.05) is 6.26 Å². The number of nitrogen functional groups attached to an aromatic ring is 1. The predicted molar refractivity (Wildman–Crippen MR) is 85.5 cm³/mol. The molecular weight excluding hydrogens is 294 g/mol. The van der Waals surface area contributed by atoms with E-state index in [-0.39, 0.29) is 4.90 Å². The van der Waals surface area contributed by atoms with E-state index in [1.54, 1.807) is 30.0 Å². The lowest BCUT2D eigenvalue weighted by atomic mass is 10.2. The number of H-pyrrole nitrogens is 1. The molecule has 5 nitrogen and oxygen atoms in total. The highest BCUT2D eigenvalue weighted by molar-refractivity contribution is 7.98. The van der Waals surface area contributed by atoms with Crippen molar-refractivity contribution in [1.29, 1.82) is 0 Å². The van der Waals surface area contributed by atoms with Gasteiger partial charge >= 0.3 is 0 Å². The number of rotatable bonds is 7. The Morgan fingerprint density at radius 3 is 2.90 bits per heavy atom. The number of anilines is 1. The van der Waals surface area contributed by atoms with E-state index in [4.69, 9.17) is 5.73 Å². The molecule has 0 saturated heterocycles. The van der Waals surface area contributed by atoms with Gasteiger partial charge in [-0.1, -0.05) is 0 Å². The van der Waals surface area contributed by atoms with E-state index in [2.05, 4.69) is 9.71 Å². The first-order valence-electron chi connectivity index (χ1n) is 6.40. The summed E-state index contributed by atoms with van der Waals surface area (Å²) >= 11 is 1.76. The lowest BCUT2D eigenvalue weighted by Crippen LogP contribution is -2.24. The summed E-state index contributed by atoms with van der Waals surface area (Å²) in [5.41, 5.74) is 7.03. The number of unbranched alkanes of at least 4 members (excludes halogenated alkanes) is 1. The maximum absolute atomic E-state index is 12.3. The molecule has 0 aliphatic rings. The van der Waals surface area contributed by atoms with Crippen molar-refractivity contribution in [3.63, 3.8) is 0 Å². The Kier molecular flexibility index (Phi) is 4.95. The van der Waals surface area contributed by atoms with Crippen molar-refractivity contribution in [2.45, 2.75) is 17.7 Å². The van der Waals surface area contributed by atoms with Gasteiger partial charge < -0.3 is 10.7 Å². The molecule has 0 radical (unpaired) electrons. The third kappa shape index (κ3) is 3.47. The van der Waals surface area contributed by atoms with Crippen molar-refractivity contribution < 1.29 is 8.42 Å². The molecule has 110 valence electrons. The summed E-state index contributed by atoms with van der Waals surface area (Å²) in [5.74, 6) is 1.05. The van der Waals surface area contributed by atoms with Gasteiger partial charge in [-0.25, -0.2) is 13.1 Å². The van der Waals surface area contributed by atoms with Crippen molar-refractivity contribution in [2.24, 2.45) is 0 Å². The van der Waals surface area contributed by atoms with Gasteiger partial charge in [-0.2, -0.15) is 11.8 Å². The average molecular weight is 313 g/mol. The second-order valence-corrected chi connectivity index (χ2v) is 7.28. The van der Waals surface area contributed by atoms with Crippen molar-refractivity contribution in [3.8, 4) is 0 Å². The SMILES string of the molecule is CSCCCCNS(=O)(=O)c1c[nH]c2ccc(N)cc12. The topological polar surface area (TPSA) is 88.0 Å². The van der Waals surface area contributed by atoms with Gasteiger partial charge in [0.25, 0.3) is 0 Å². The fraction of sp³-hybridized carbons (Fsp3) is 0.385. The van der Waals surface area contributed by atoms with Gasteiger partial charge in [0.05, 0.1) is 0 Å². The zero-order valence-electron chi connectivity index (χ0n) is 11.3. The maximum atomic E-state index is 12.3. The Bertz CT molecular complexity index is 680. The quantitative estimate of drug-likeness (QED) is 0.540. The highest BCUT2D eigenvalue weighted by Gasteiger charge is 2.18. The van der Waals surface area contributed by atoms with Crippen molar-refractivity contribution in [3.05, 3.63) is 24.4 Å². The molecule has 0 bridgehead atoms. The summed E-state index contributed by atoms with van der Waals surface area (Å²) in [7, 11) is -3.49. The van der Waals surface area contributed by atoms with Crippen LogP contribution in [0.2, 0.25) is 0 Å². The van der Waals surface area contributed by atoms with Crippen molar-refractivity contribution in [1.82, 2.24) is 9.71 Å². The second-order valence-electron chi connectivity index (χ2n) is 4.56. The van der Waals surface area contributed by atoms with Crippen LogP contribution in [0.15, 0.2) is 29.3 Å². The second kappa shape index (κ2) is 6.51.